The Hall–Kier alpha value is -2.41. The Morgan fingerprint density at radius 1 is 1.06 bits per heavy atom. The van der Waals surface area contributed by atoms with Gasteiger partial charge in [-0.2, -0.15) is 0 Å². The number of nitrogens with zero attached hydrogens (tertiary/aromatic N) is 2. The number of halogens is 2. The van der Waals surface area contributed by atoms with E-state index in [0.717, 1.165) is 24.0 Å². The molecule has 0 unspecified atom stereocenters. The van der Waals surface area contributed by atoms with E-state index in [0.29, 0.717) is 33.5 Å². The van der Waals surface area contributed by atoms with Crippen LogP contribution < -0.4 is 10.2 Å². The van der Waals surface area contributed by atoms with Crippen molar-refractivity contribution in [1.82, 2.24) is 4.90 Å². The molecule has 32 heavy (non-hydrogen) atoms. The zero-order chi connectivity index (χ0) is 22.5. The molecule has 4 aliphatic rings. The molecule has 0 aliphatic carbocycles. The maximum atomic E-state index is 14.0. The van der Waals surface area contributed by atoms with Gasteiger partial charge in [0.1, 0.15) is 5.54 Å². The average Bonchev–Trinajstić information content (AvgIpc) is 3.43. The maximum Gasteiger partial charge on any atom is 0.250 e. The lowest BCUT2D eigenvalue weighted by Crippen LogP contribution is -2.54. The number of carbonyl (C=O) groups is 3. The number of carbonyl (C=O) groups excluding carboxylic acids is 3. The maximum absolute atomic E-state index is 14.0. The van der Waals surface area contributed by atoms with Crippen LogP contribution in [0, 0.1) is 25.7 Å². The van der Waals surface area contributed by atoms with Gasteiger partial charge in [-0.25, -0.2) is 4.90 Å². The molecule has 0 saturated carbocycles. The molecule has 164 valence electrons. The van der Waals surface area contributed by atoms with Gasteiger partial charge < -0.3 is 5.32 Å². The molecule has 3 amide bonds. The Morgan fingerprint density at radius 2 is 1.84 bits per heavy atom. The average molecular weight is 470 g/mol. The molecule has 8 heteroatoms. The highest BCUT2D eigenvalue weighted by atomic mass is 35.5. The largest absolute Gasteiger partial charge is 0.323 e. The first-order valence-corrected chi connectivity index (χ1v) is 11.5. The van der Waals surface area contributed by atoms with Gasteiger partial charge in [-0.05, 0) is 62.6 Å². The molecule has 0 bridgehead atoms. The van der Waals surface area contributed by atoms with Crippen LogP contribution in [0.5, 0.6) is 0 Å². The lowest BCUT2D eigenvalue weighted by atomic mass is 9.75. The summed E-state index contributed by atoms with van der Waals surface area (Å²) in [5.41, 5.74) is 2.20. The van der Waals surface area contributed by atoms with Gasteiger partial charge in [0.05, 0.1) is 28.2 Å². The third kappa shape index (κ3) is 2.28. The van der Waals surface area contributed by atoms with Gasteiger partial charge in [0.25, 0.3) is 5.91 Å². The molecule has 0 radical (unpaired) electrons. The molecule has 4 heterocycles. The monoisotopic (exact) mass is 469 g/mol. The minimum absolute atomic E-state index is 0.170. The van der Waals surface area contributed by atoms with E-state index in [-0.39, 0.29) is 23.8 Å². The molecule has 6 rings (SSSR count). The van der Waals surface area contributed by atoms with E-state index in [2.05, 4.69) is 10.2 Å². The number of nitrogens with one attached hydrogen (secondary N) is 1. The Kier molecular flexibility index (Phi) is 4.15. The van der Waals surface area contributed by atoms with Gasteiger partial charge in [-0.15, -0.1) is 0 Å². The number of aryl methyl sites for hydroxylation is 2. The Bertz CT molecular complexity index is 1250. The molecule has 3 saturated heterocycles. The summed E-state index contributed by atoms with van der Waals surface area (Å²) in [7, 11) is 0. The number of imide groups is 1. The molecule has 4 aliphatic heterocycles. The van der Waals surface area contributed by atoms with Crippen molar-refractivity contribution in [2.24, 2.45) is 11.8 Å². The lowest BCUT2D eigenvalue weighted by molar-refractivity contribution is -0.135. The first-order chi connectivity index (χ1) is 15.3. The van der Waals surface area contributed by atoms with Gasteiger partial charge in [0.15, 0.2) is 0 Å². The van der Waals surface area contributed by atoms with Gasteiger partial charge in [-0.1, -0.05) is 35.3 Å². The van der Waals surface area contributed by atoms with E-state index in [9.17, 15) is 14.4 Å². The van der Waals surface area contributed by atoms with Crippen LogP contribution in [0.2, 0.25) is 10.0 Å². The highest BCUT2D eigenvalue weighted by molar-refractivity contribution is 6.35. The van der Waals surface area contributed by atoms with Crippen molar-refractivity contribution in [2.75, 3.05) is 16.8 Å². The third-order valence-corrected chi connectivity index (χ3v) is 8.14. The van der Waals surface area contributed by atoms with E-state index in [1.165, 1.54) is 4.90 Å². The second-order valence-electron chi connectivity index (χ2n) is 9.24. The molecular weight excluding hydrogens is 449 g/mol. The minimum atomic E-state index is -1.23. The molecule has 3 fully saturated rings. The summed E-state index contributed by atoms with van der Waals surface area (Å²) < 4.78 is 0. The highest BCUT2D eigenvalue weighted by Gasteiger charge is 2.74. The van der Waals surface area contributed by atoms with Crippen LogP contribution in [0.15, 0.2) is 30.3 Å². The summed E-state index contributed by atoms with van der Waals surface area (Å²) >= 11 is 12.7. The number of hydrogen-bond donors (Lipinski definition) is 1. The number of benzene rings is 2. The smallest absolute Gasteiger partial charge is 0.250 e. The van der Waals surface area contributed by atoms with E-state index in [1.54, 1.807) is 24.3 Å². The van der Waals surface area contributed by atoms with Crippen LogP contribution in [0.3, 0.4) is 0 Å². The van der Waals surface area contributed by atoms with Crippen LogP contribution in [-0.4, -0.2) is 35.2 Å². The molecule has 0 aromatic heterocycles. The summed E-state index contributed by atoms with van der Waals surface area (Å²) in [6.45, 7) is 4.42. The van der Waals surface area contributed by atoms with Crippen LogP contribution in [-0.2, 0) is 19.9 Å². The standard InChI is InChI=1S/C24H21Cl2N3O3/c1-11-8-14-20(15(26)9-11)27-23(32)24(14)19-18(16-4-3-7-28(16)24)21(30)29(22(19)31)17-10-13(25)6-5-12(17)2/h5-6,8-10,16,18-19H,3-4,7H2,1-2H3,(H,27,32)/t16-,18-,19-,24+/m0/s1. The van der Waals surface area contributed by atoms with E-state index < -0.39 is 17.4 Å². The molecule has 4 atom stereocenters. The molecule has 1 N–H and O–H groups in total. The van der Waals surface area contributed by atoms with Crippen molar-refractivity contribution in [3.63, 3.8) is 0 Å². The highest BCUT2D eigenvalue weighted by Crippen LogP contribution is 2.61. The van der Waals surface area contributed by atoms with Crippen LogP contribution in [0.25, 0.3) is 0 Å². The third-order valence-electron chi connectivity index (χ3n) is 7.61. The predicted molar refractivity (Wildman–Crippen MR) is 122 cm³/mol. The van der Waals surface area contributed by atoms with E-state index >= 15 is 0 Å². The second-order valence-corrected chi connectivity index (χ2v) is 10.1. The molecule has 2 aromatic rings. The fourth-order valence-corrected chi connectivity index (χ4v) is 6.94. The number of fused-ring (bicyclic) bond motifs is 7. The van der Waals surface area contributed by atoms with Crippen molar-refractivity contribution in [3.8, 4) is 0 Å². The number of amides is 3. The van der Waals surface area contributed by atoms with Crippen LogP contribution in [0.4, 0.5) is 11.4 Å². The second kappa shape index (κ2) is 6.56. The number of rotatable bonds is 1. The normalized spacial score (nSPS) is 30.8. The topological polar surface area (TPSA) is 69.7 Å². The van der Waals surface area contributed by atoms with E-state index in [1.807, 2.05) is 19.9 Å². The molecule has 2 aromatic carbocycles. The zero-order valence-corrected chi connectivity index (χ0v) is 19.1. The van der Waals surface area contributed by atoms with Crippen molar-refractivity contribution in [1.29, 1.82) is 0 Å². The van der Waals surface area contributed by atoms with Gasteiger partial charge >= 0.3 is 0 Å². The summed E-state index contributed by atoms with van der Waals surface area (Å²) in [6, 6.07) is 8.75. The predicted octanol–water partition coefficient (Wildman–Crippen LogP) is 4.04. The molecule has 6 nitrogen and oxygen atoms in total. The summed E-state index contributed by atoms with van der Waals surface area (Å²) in [5.74, 6) is -2.26. The zero-order valence-electron chi connectivity index (χ0n) is 17.6. The fourth-order valence-electron chi connectivity index (χ4n) is 6.46. The van der Waals surface area contributed by atoms with Gasteiger partial charge in [0.2, 0.25) is 11.8 Å². The summed E-state index contributed by atoms with van der Waals surface area (Å²) in [4.78, 5) is 44.8. The SMILES string of the molecule is Cc1cc(Cl)c2c(c1)[C@]1(C(=O)N2)[C@@H]2C(=O)N(c3cc(Cl)ccc3C)C(=O)[C@H]2[C@@H]2CCCN21. The number of hydrogen-bond acceptors (Lipinski definition) is 4. The first-order valence-electron chi connectivity index (χ1n) is 10.8. The van der Waals surface area contributed by atoms with Crippen molar-refractivity contribution < 1.29 is 14.4 Å². The summed E-state index contributed by atoms with van der Waals surface area (Å²) in [5, 5.41) is 3.84. The van der Waals surface area contributed by atoms with Gasteiger partial charge in [-0.3, -0.25) is 19.3 Å². The Labute approximate surface area is 195 Å². The Balaban J connectivity index is 1.59. The minimum Gasteiger partial charge on any atom is -0.323 e. The van der Waals surface area contributed by atoms with Crippen LogP contribution >= 0.6 is 23.2 Å². The van der Waals surface area contributed by atoms with E-state index in [4.69, 9.17) is 23.2 Å². The van der Waals surface area contributed by atoms with Crippen molar-refractivity contribution >= 4 is 52.3 Å². The van der Waals surface area contributed by atoms with Gasteiger partial charge in [0, 0.05) is 16.6 Å². The number of anilines is 2. The van der Waals surface area contributed by atoms with Crippen molar-refractivity contribution in [3.05, 3.63) is 57.1 Å². The quantitative estimate of drug-likeness (QED) is 0.639. The lowest BCUT2D eigenvalue weighted by Gasteiger charge is -2.37. The molecule has 1 spiro atoms. The molecular formula is C24H21Cl2N3O3. The summed E-state index contributed by atoms with van der Waals surface area (Å²) in [6.07, 6.45) is 1.64. The van der Waals surface area contributed by atoms with Crippen LogP contribution in [0.1, 0.15) is 29.5 Å². The fraction of sp³-hybridized carbons (Fsp3) is 0.375. The first kappa shape index (κ1) is 20.2. The Morgan fingerprint density at radius 3 is 2.62 bits per heavy atom. The van der Waals surface area contributed by atoms with Crippen molar-refractivity contribution in [2.45, 2.75) is 38.3 Å².